The maximum atomic E-state index is 12.9. The number of rotatable bonds is 9. The second-order valence-electron chi connectivity index (χ2n) is 15.5. The minimum absolute atomic E-state index is 0.0600. The number of nitrogens with zero attached hydrogens (tertiary/aromatic N) is 1. The van der Waals surface area contributed by atoms with Crippen LogP contribution in [0.5, 0.6) is 17.2 Å². The van der Waals surface area contributed by atoms with E-state index in [-0.39, 0.29) is 49.1 Å². The number of phenolic OH excluding ortho intramolecular Hbond substituents is 1. The molecule has 11 heteroatoms. The molecule has 8 rings (SSSR count). The molecule has 6 atom stereocenters. The Hall–Kier alpha value is -5.17. The number of aliphatic hydroxyl groups excluding tert-OH is 3. The molecule has 3 aliphatic heterocycles. The van der Waals surface area contributed by atoms with Gasteiger partial charge in [0.15, 0.2) is 17.7 Å². The van der Waals surface area contributed by atoms with E-state index in [0.717, 1.165) is 70.8 Å². The topological polar surface area (TPSA) is 175 Å². The summed E-state index contributed by atoms with van der Waals surface area (Å²) in [4.78, 5) is 16.3. The number of carbonyl (C=O) groups is 1. The van der Waals surface area contributed by atoms with Crippen molar-refractivity contribution in [2.45, 2.75) is 108 Å². The Labute approximate surface area is 320 Å². The van der Waals surface area contributed by atoms with Gasteiger partial charge in [-0.1, -0.05) is 56.1 Å². The average Bonchev–Trinajstić information content (AvgIpc) is 3.90. The number of hydrogen-bond acceptors (Lipinski definition) is 9. The lowest BCUT2D eigenvalue weighted by Crippen LogP contribution is -2.35. The van der Waals surface area contributed by atoms with Crippen LogP contribution in [0.3, 0.4) is 0 Å². The number of aryl methyl sites for hydroxylation is 1. The lowest BCUT2D eigenvalue weighted by molar-refractivity contribution is -0.121. The summed E-state index contributed by atoms with van der Waals surface area (Å²) in [5.74, 6) is 10.0. The molecule has 286 valence electrons. The van der Waals surface area contributed by atoms with Crippen molar-refractivity contribution < 1.29 is 34.7 Å². The van der Waals surface area contributed by atoms with Crippen molar-refractivity contribution in [3.63, 3.8) is 0 Å². The van der Waals surface area contributed by atoms with Crippen LogP contribution in [0.15, 0.2) is 49.1 Å². The average molecular weight is 745 g/mol. The monoisotopic (exact) mass is 744 g/mol. The molecule has 6 unspecified atom stereocenters. The van der Waals surface area contributed by atoms with Crippen LogP contribution in [0.1, 0.15) is 117 Å². The molecule has 0 radical (unpaired) electrons. The van der Waals surface area contributed by atoms with E-state index in [4.69, 9.17) is 15.2 Å². The summed E-state index contributed by atoms with van der Waals surface area (Å²) >= 11 is 0. The number of ketones is 1. The van der Waals surface area contributed by atoms with Crippen LogP contribution >= 0.6 is 0 Å². The number of H-pyrrole nitrogens is 1. The summed E-state index contributed by atoms with van der Waals surface area (Å²) in [6.07, 6.45) is 14.8. The van der Waals surface area contributed by atoms with E-state index in [1.54, 1.807) is 6.07 Å². The Bertz CT molecular complexity index is 2260. The van der Waals surface area contributed by atoms with Gasteiger partial charge in [0.1, 0.15) is 29.9 Å². The van der Waals surface area contributed by atoms with Gasteiger partial charge in [0, 0.05) is 49.3 Å². The minimum atomic E-state index is -1.10. The molecule has 2 bridgehead atoms. The van der Waals surface area contributed by atoms with Crippen molar-refractivity contribution in [2.24, 2.45) is 17.1 Å². The number of carbonyl (C=O) groups excluding carboxylic acids is 1. The fraction of sp³-hybridized carbons (Fsp3) is 0.432. The maximum absolute atomic E-state index is 12.9. The van der Waals surface area contributed by atoms with Gasteiger partial charge >= 0.3 is 0 Å². The first-order valence-electron chi connectivity index (χ1n) is 19.4. The highest BCUT2D eigenvalue weighted by molar-refractivity contribution is 5.84. The van der Waals surface area contributed by atoms with Crippen molar-refractivity contribution >= 4 is 22.8 Å². The van der Waals surface area contributed by atoms with Crippen LogP contribution < -0.4 is 20.5 Å². The Morgan fingerprint density at radius 3 is 2.75 bits per heavy atom. The summed E-state index contributed by atoms with van der Waals surface area (Å²) < 4.78 is 15.0. The largest absolute Gasteiger partial charge is 0.508 e. The molecule has 4 aliphatic rings. The Morgan fingerprint density at radius 1 is 1.11 bits per heavy atom. The van der Waals surface area contributed by atoms with Crippen LogP contribution in [0.25, 0.3) is 17.0 Å². The van der Waals surface area contributed by atoms with Crippen molar-refractivity contribution in [2.75, 3.05) is 0 Å². The first-order valence-corrected chi connectivity index (χ1v) is 19.4. The quantitative estimate of drug-likeness (QED) is 0.105. The molecule has 2 aromatic heterocycles. The fourth-order valence-corrected chi connectivity index (χ4v) is 8.83. The van der Waals surface area contributed by atoms with Crippen molar-refractivity contribution in [1.29, 1.82) is 0 Å². The molecule has 5 heterocycles. The molecule has 1 saturated carbocycles. The van der Waals surface area contributed by atoms with E-state index in [9.17, 15) is 25.2 Å². The number of ether oxygens (including phenoxy) is 2. The normalized spacial score (nSPS) is 22.9. The molecule has 1 fully saturated rings. The van der Waals surface area contributed by atoms with Gasteiger partial charge < -0.3 is 50.5 Å². The highest BCUT2D eigenvalue weighted by Gasteiger charge is 2.46. The molecule has 0 saturated heterocycles. The second kappa shape index (κ2) is 15.2. The first-order chi connectivity index (χ1) is 26.6. The highest BCUT2D eigenvalue weighted by atomic mass is 16.5. The van der Waals surface area contributed by atoms with Gasteiger partial charge in [-0.2, -0.15) is 0 Å². The number of aliphatic hydroxyl groups is 3. The Kier molecular flexibility index (Phi) is 10.1. The van der Waals surface area contributed by atoms with Crippen molar-refractivity contribution in [3.8, 4) is 41.1 Å². The molecule has 2 aromatic carbocycles. The summed E-state index contributed by atoms with van der Waals surface area (Å²) in [6.45, 7) is 1.96. The van der Waals surface area contributed by atoms with Gasteiger partial charge in [0.2, 0.25) is 0 Å². The number of phenols is 1. The Morgan fingerprint density at radius 2 is 1.93 bits per heavy atom. The molecular weight excluding hydrogens is 697 g/mol. The number of benzene rings is 2. The third-order valence-electron chi connectivity index (χ3n) is 11.7. The number of aromatic hydroxyl groups is 1. The van der Waals surface area contributed by atoms with E-state index in [1.165, 1.54) is 6.07 Å². The van der Waals surface area contributed by atoms with Crippen LogP contribution in [0.2, 0.25) is 0 Å². The summed E-state index contributed by atoms with van der Waals surface area (Å²) in [7, 11) is 0. The zero-order valence-corrected chi connectivity index (χ0v) is 31.0. The lowest BCUT2D eigenvalue weighted by Gasteiger charge is -2.35. The number of nitrogens with two attached hydrogens (primary N) is 1. The third kappa shape index (κ3) is 7.21. The van der Waals surface area contributed by atoms with Crippen LogP contribution in [0, 0.1) is 35.2 Å². The maximum Gasteiger partial charge on any atom is 0.191 e. The van der Waals surface area contributed by atoms with Gasteiger partial charge in [0.05, 0.1) is 29.1 Å². The van der Waals surface area contributed by atoms with Gasteiger partial charge in [-0.3, -0.25) is 4.79 Å². The van der Waals surface area contributed by atoms with Crippen LogP contribution in [0.4, 0.5) is 0 Å². The predicted molar refractivity (Wildman–Crippen MR) is 207 cm³/mol. The van der Waals surface area contributed by atoms with E-state index in [1.807, 2.05) is 48.3 Å². The van der Waals surface area contributed by atoms with E-state index in [2.05, 4.69) is 40.4 Å². The molecular formula is C44H48N4O7. The van der Waals surface area contributed by atoms with E-state index >= 15 is 0 Å². The molecule has 55 heavy (non-hydrogen) atoms. The molecule has 11 nitrogen and oxygen atoms in total. The van der Waals surface area contributed by atoms with E-state index < -0.39 is 35.9 Å². The van der Waals surface area contributed by atoms with Crippen LogP contribution in [-0.4, -0.2) is 48.0 Å². The number of hydrogen-bond donors (Lipinski definition) is 7. The summed E-state index contributed by atoms with van der Waals surface area (Å²) in [5.41, 5.74) is 11.9. The molecule has 4 aromatic rings. The highest BCUT2D eigenvalue weighted by Crippen LogP contribution is 2.51. The predicted octanol–water partition coefficient (Wildman–Crippen LogP) is 5.76. The number of nitrogens with one attached hydrogen (secondary N) is 2. The Balaban J connectivity index is 1.18. The van der Waals surface area contributed by atoms with Crippen LogP contribution in [-0.2, 0) is 17.6 Å². The fourth-order valence-electron chi connectivity index (χ4n) is 8.83. The van der Waals surface area contributed by atoms with Gasteiger partial charge in [-0.15, -0.1) is 0 Å². The van der Waals surface area contributed by atoms with Crippen molar-refractivity contribution in [3.05, 3.63) is 82.4 Å². The smallest absolute Gasteiger partial charge is 0.191 e. The number of fused-ring (bicyclic) bond motifs is 8. The third-order valence-corrected chi connectivity index (χ3v) is 11.7. The van der Waals surface area contributed by atoms with Gasteiger partial charge in [-0.05, 0) is 83.8 Å². The van der Waals surface area contributed by atoms with Gasteiger partial charge in [-0.25, -0.2) is 0 Å². The summed E-state index contributed by atoms with van der Waals surface area (Å²) in [5, 5.41) is 47.6. The van der Waals surface area contributed by atoms with Crippen molar-refractivity contribution in [1.82, 2.24) is 14.9 Å². The minimum Gasteiger partial charge on any atom is -0.508 e. The molecule has 0 amide bonds. The number of aromatic nitrogens is 2. The number of Topliss-reactive ketones (excluding diaryl/α,β-unsaturated/α-hetero) is 1. The number of aromatic amines is 1. The second-order valence-corrected chi connectivity index (χ2v) is 15.5. The zero-order chi connectivity index (χ0) is 38.3. The van der Waals surface area contributed by atoms with E-state index in [0.29, 0.717) is 24.2 Å². The first kappa shape index (κ1) is 36.8. The standard InChI is InChI=1S/C44H48N4O7/c1-2-5-28(49)20-30(51)21-29(50)7-6-26-19-41-40(22-39(26)53)54-17-15-44(13-3-4-14-44)36-10-11-38(52)32-8-9-33-31(12-16-46-42(33)45)34(32)18-27-23-47-37-25-48(24-35(27)37)43(36)55-41/h8-9,12,16,19,22-25,28,30,36,38,42-43,46-47,49,51-53H,2-7,13-14,18,20-21,45H2,1H3. The zero-order valence-electron chi connectivity index (χ0n) is 31.0. The molecule has 8 N–H and O–H groups in total. The molecule has 1 aliphatic carbocycles. The molecule has 1 spiro atoms. The summed E-state index contributed by atoms with van der Waals surface area (Å²) in [6, 6.07) is 7.05. The van der Waals surface area contributed by atoms with Gasteiger partial charge in [0.25, 0.3) is 0 Å². The lowest BCUT2D eigenvalue weighted by atomic mass is 9.73. The SMILES string of the molecule is CCCC(O)CC(O)CC(=O)CCc1cc2c(cc1O)OC#CC1(CCCC1)C1C#CC(O)c3ccc4c(c3Cc3c[nH]c5cn(cc35)C1O2)C=CNC4N.